The Labute approximate surface area is 95.7 Å². The van der Waals surface area contributed by atoms with Gasteiger partial charge in [0.1, 0.15) is 5.82 Å². The van der Waals surface area contributed by atoms with Crippen LogP contribution in [0.2, 0.25) is 0 Å². The van der Waals surface area contributed by atoms with Crippen LogP contribution < -0.4 is 10.6 Å². The molecule has 1 rings (SSSR count). The lowest BCUT2D eigenvalue weighted by Crippen LogP contribution is -2.36. The Morgan fingerprint density at radius 2 is 2.13 bits per heavy atom. The first kappa shape index (κ1) is 12.4. The van der Waals surface area contributed by atoms with Crippen LogP contribution in [0.15, 0.2) is 0 Å². The van der Waals surface area contributed by atoms with Crippen molar-refractivity contribution >= 4 is 16.7 Å². The monoisotopic (exact) mass is 228 g/mol. The fraction of sp³-hybridized carbons (Fsp3) is 0.800. The number of hydrogen-bond acceptors (Lipinski definition) is 5. The van der Waals surface area contributed by atoms with Crippen LogP contribution in [0.1, 0.15) is 26.6 Å². The summed E-state index contributed by atoms with van der Waals surface area (Å²) in [6.45, 7) is 7.96. The summed E-state index contributed by atoms with van der Waals surface area (Å²) < 4.78 is 4.27. The molecule has 1 aromatic heterocycles. The number of nitrogens with zero attached hydrogens (tertiary/aromatic N) is 3. The van der Waals surface area contributed by atoms with Gasteiger partial charge in [-0.15, -0.1) is 0 Å². The molecule has 0 aliphatic carbocycles. The zero-order valence-electron chi connectivity index (χ0n) is 9.95. The minimum absolute atomic E-state index is 0.118. The molecule has 0 aliphatic rings. The topological polar surface area (TPSA) is 55.0 Å². The third-order valence-corrected chi connectivity index (χ3v) is 3.19. The van der Waals surface area contributed by atoms with Gasteiger partial charge in [-0.1, -0.05) is 20.8 Å². The maximum atomic E-state index is 5.70. The molecule has 1 aromatic rings. The van der Waals surface area contributed by atoms with Crippen molar-refractivity contribution in [2.75, 3.05) is 25.0 Å². The van der Waals surface area contributed by atoms with Gasteiger partial charge in [0.15, 0.2) is 0 Å². The summed E-state index contributed by atoms with van der Waals surface area (Å²) in [4.78, 5) is 6.57. The summed E-state index contributed by atoms with van der Waals surface area (Å²) in [7, 11) is 2.04. The first-order chi connectivity index (χ1) is 6.98. The molecule has 0 spiro atoms. The molecule has 5 heteroatoms. The maximum Gasteiger partial charge on any atom is 0.204 e. The highest BCUT2D eigenvalue weighted by Crippen LogP contribution is 2.21. The zero-order valence-corrected chi connectivity index (χ0v) is 10.8. The van der Waals surface area contributed by atoms with E-state index in [0.29, 0.717) is 6.54 Å². The van der Waals surface area contributed by atoms with Crippen LogP contribution in [0.4, 0.5) is 5.13 Å². The average molecular weight is 228 g/mol. The van der Waals surface area contributed by atoms with Gasteiger partial charge >= 0.3 is 0 Å². The largest absolute Gasteiger partial charge is 0.349 e. The van der Waals surface area contributed by atoms with E-state index >= 15 is 0 Å². The summed E-state index contributed by atoms with van der Waals surface area (Å²) in [5, 5.41) is 0.980. The van der Waals surface area contributed by atoms with Gasteiger partial charge in [-0.2, -0.15) is 4.37 Å². The van der Waals surface area contributed by atoms with Crippen molar-refractivity contribution in [1.29, 1.82) is 0 Å². The van der Waals surface area contributed by atoms with Crippen molar-refractivity contribution in [3.8, 4) is 0 Å². The van der Waals surface area contributed by atoms with E-state index in [1.54, 1.807) is 0 Å². The predicted molar refractivity (Wildman–Crippen MR) is 65.4 cm³/mol. The van der Waals surface area contributed by atoms with E-state index < -0.39 is 0 Å². The molecule has 0 aliphatic heterocycles. The molecule has 0 bridgehead atoms. The molecule has 0 fully saturated rings. The number of aryl methyl sites for hydroxylation is 1. The lowest BCUT2D eigenvalue weighted by molar-refractivity contribution is 0.385. The minimum Gasteiger partial charge on any atom is -0.349 e. The summed E-state index contributed by atoms with van der Waals surface area (Å²) in [6.07, 6.45) is 0.893. The van der Waals surface area contributed by atoms with Gasteiger partial charge in [0.2, 0.25) is 5.13 Å². The van der Waals surface area contributed by atoms with Gasteiger partial charge in [-0.25, -0.2) is 4.98 Å². The van der Waals surface area contributed by atoms with Crippen molar-refractivity contribution in [2.24, 2.45) is 11.1 Å². The van der Waals surface area contributed by atoms with Gasteiger partial charge in [0, 0.05) is 31.5 Å². The van der Waals surface area contributed by atoms with Crippen molar-refractivity contribution in [1.82, 2.24) is 9.36 Å². The van der Waals surface area contributed by atoms with Gasteiger partial charge in [-0.05, 0) is 12.0 Å². The number of nitrogens with two attached hydrogens (primary N) is 1. The van der Waals surface area contributed by atoms with Crippen molar-refractivity contribution in [3.63, 3.8) is 0 Å². The van der Waals surface area contributed by atoms with E-state index in [9.17, 15) is 0 Å². The fourth-order valence-electron chi connectivity index (χ4n) is 1.32. The molecule has 2 N–H and O–H groups in total. The lowest BCUT2D eigenvalue weighted by Gasteiger charge is -2.28. The number of rotatable bonds is 5. The molecule has 15 heavy (non-hydrogen) atoms. The van der Waals surface area contributed by atoms with Crippen molar-refractivity contribution < 1.29 is 0 Å². The van der Waals surface area contributed by atoms with Crippen LogP contribution >= 0.6 is 11.5 Å². The summed E-state index contributed by atoms with van der Waals surface area (Å²) >= 11 is 1.46. The number of anilines is 1. The normalized spacial score (nSPS) is 11.8. The first-order valence-corrected chi connectivity index (χ1v) is 5.99. The smallest absolute Gasteiger partial charge is 0.204 e. The molecule has 1 heterocycles. The quantitative estimate of drug-likeness (QED) is 0.830. The molecule has 0 aromatic carbocycles. The Balaban J connectivity index is 2.64. The number of hydrogen-bond donors (Lipinski definition) is 1. The van der Waals surface area contributed by atoms with Crippen molar-refractivity contribution in [3.05, 3.63) is 5.82 Å². The van der Waals surface area contributed by atoms with Crippen LogP contribution in [0, 0.1) is 5.41 Å². The Morgan fingerprint density at radius 3 is 2.60 bits per heavy atom. The standard InChI is InChI=1S/C10H20N4S/c1-5-8-12-9(15-13-8)14(4)7-10(2,3)6-11/h5-7,11H2,1-4H3. The summed E-state index contributed by atoms with van der Waals surface area (Å²) in [5.74, 6) is 0.924. The molecular weight excluding hydrogens is 208 g/mol. The van der Waals surface area contributed by atoms with E-state index in [2.05, 4.69) is 35.0 Å². The second-order valence-electron chi connectivity index (χ2n) is 4.57. The molecular formula is C10H20N4S. The molecule has 0 radical (unpaired) electrons. The Kier molecular flexibility index (Phi) is 4.04. The second kappa shape index (κ2) is 4.90. The predicted octanol–water partition coefficient (Wildman–Crippen LogP) is 1.52. The van der Waals surface area contributed by atoms with E-state index in [-0.39, 0.29) is 5.41 Å². The summed E-state index contributed by atoms with van der Waals surface area (Å²) in [6, 6.07) is 0. The van der Waals surface area contributed by atoms with E-state index in [4.69, 9.17) is 5.73 Å². The highest BCUT2D eigenvalue weighted by Gasteiger charge is 2.20. The van der Waals surface area contributed by atoms with Gasteiger partial charge in [0.05, 0.1) is 0 Å². The highest BCUT2D eigenvalue weighted by atomic mass is 32.1. The van der Waals surface area contributed by atoms with Crippen molar-refractivity contribution in [2.45, 2.75) is 27.2 Å². The molecule has 4 nitrogen and oxygen atoms in total. The minimum atomic E-state index is 0.118. The lowest BCUT2D eigenvalue weighted by atomic mass is 9.93. The molecule has 86 valence electrons. The van der Waals surface area contributed by atoms with Gasteiger partial charge in [0.25, 0.3) is 0 Å². The first-order valence-electron chi connectivity index (χ1n) is 5.22. The Morgan fingerprint density at radius 1 is 1.47 bits per heavy atom. The van der Waals surface area contributed by atoms with Gasteiger partial charge in [-0.3, -0.25) is 0 Å². The SMILES string of the molecule is CCc1nsc(N(C)CC(C)(C)CN)n1. The summed E-state index contributed by atoms with van der Waals surface area (Å²) in [5.41, 5.74) is 5.82. The highest BCUT2D eigenvalue weighted by molar-refractivity contribution is 7.09. The molecule has 0 amide bonds. The second-order valence-corrected chi connectivity index (χ2v) is 5.30. The molecule has 0 saturated heterocycles. The van der Waals surface area contributed by atoms with Crippen LogP contribution in [-0.2, 0) is 6.42 Å². The van der Waals surface area contributed by atoms with E-state index in [0.717, 1.165) is 23.9 Å². The maximum absolute atomic E-state index is 5.70. The third-order valence-electron chi connectivity index (χ3n) is 2.32. The molecule has 0 unspecified atom stereocenters. The third kappa shape index (κ3) is 3.43. The molecule has 0 atom stereocenters. The fourth-order valence-corrected chi connectivity index (χ4v) is 2.02. The van der Waals surface area contributed by atoms with Crippen LogP contribution in [0.25, 0.3) is 0 Å². The van der Waals surface area contributed by atoms with Crippen LogP contribution in [0.5, 0.6) is 0 Å². The Bertz CT molecular complexity index is 308. The van der Waals surface area contributed by atoms with E-state index in [1.165, 1.54) is 11.5 Å². The van der Waals surface area contributed by atoms with Crippen LogP contribution in [-0.4, -0.2) is 29.5 Å². The van der Waals surface area contributed by atoms with Gasteiger partial charge < -0.3 is 10.6 Å². The van der Waals surface area contributed by atoms with Crippen LogP contribution in [0.3, 0.4) is 0 Å². The number of aromatic nitrogens is 2. The van der Waals surface area contributed by atoms with E-state index in [1.807, 2.05) is 7.05 Å². The Hall–Kier alpha value is -0.680. The molecule has 0 saturated carbocycles. The zero-order chi connectivity index (χ0) is 11.5. The average Bonchev–Trinajstić information content (AvgIpc) is 2.65.